The molecule has 2 atom stereocenters. The Morgan fingerprint density at radius 2 is 1.91 bits per heavy atom. The van der Waals surface area contributed by atoms with Crippen LogP contribution in [0.5, 0.6) is 11.5 Å². The Kier molecular flexibility index (Phi) is 8.57. The third kappa shape index (κ3) is 6.63. The minimum Gasteiger partial charge on any atom is -0.493 e. The van der Waals surface area contributed by atoms with Gasteiger partial charge in [0.05, 0.1) is 33.9 Å². The number of Topliss-reactive ketones (excluding diaryl/α,β-unsaturated/α-hetero) is 1. The number of carbonyl (C=O) groups is 4. The van der Waals surface area contributed by atoms with Crippen molar-refractivity contribution in [3.63, 3.8) is 0 Å². The molecular formula is C22H28F2N4O7. The fraction of sp³-hybridized carbons (Fsp3) is 0.545. The predicted molar refractivity (Wildman–Crippen MR) is 117 cm³/mol. The number of benzene rings is 1. The molecule has 0 aliphatic carbocycles. The summed E-state index contributed by atoms with van der Waals surface area (Å²) >= 11 is 0. The van der Waals surface area contributed by atoms with E-state index in [0.29, 0.717) is 41.4 Å². The maximum Gasteiger partial charge on any atom is 0.289 e. The van der Waals surface area contributed by atoms with Gasteiger partial charge in [0.1, 0.15) is 12.1 Å². The van der Waals surface area contributed by atoms with E-state index in [2.05, 4.69) is 16.1 Å². The van der Waals surface area contributed by atoms with E-state index in [0.717, 1.165) is 0 Å². The summed E-state index contributed by atoms with van der Waals surface area (Å²) in [5.41, 5.74) is 3.11. The van der Waals surface area contributed by atoms with Crippen LogP contribution in [0.1, 0.15) is 24.8 Å². The second kappa shape index (κ2) is 11.4. The predicted octanol–water partition coefficient (Wildman–Crippen LogP) is -0.0749. The van der Waals surface area contributed by atoms with Crippen LogP contribution in [-0.4, -0.2) is 80.3 Å². The van der Waals surface area contributed by atoms with Crippen molar-refractivity contribution in [1.82, 2.24) is 21.0 Å². The topological polar surface area (TPSA) is 135 Å². The fourth-order valence-corrected chi connectivity index (χ4v) is 3.87. The molecule has 3 rings (SSSR count). The Labute approximate surface area is 200 Å². The van der Waals surface area contributed by atoms with Gasteiger partial charge < -0.3 is 29.8 Å². The number of ketones is 1. The number of hydroxylamine groups is 1. The third-order valence-corrected chi connectivity index (χ3v) is 5.71. The molecule has 0 saturated carbocycles. The first kappa shape index (κ1) is 26.3. The lowest BCUT2D eigenvalue weighted by Crippen LogP contribution is -2.52. The Morgan fingerprint density at radius 3 is 2.57 bits per heavy atom. The summed E-state index contributed by atoms with van der Waals surface area (Å²) < 4.78 is 38.5. The molecule has 3 N–H and O–H groups in total. The van der Waals surface area contributed by atoms with Gasteiger partial charge in [-0.25, -0.2) is 8.78 Å². The van der Waals surface area contributed by atoms with Crippen LogP contribution in [0.4, 0.5) is 8.78 Å². The maximum atomic E-state index is 14.1. The van der Waals surface area contributed by atoms with Crippen LogP contribution in [0.3, 0.4) is 0 Å². The summed E-state index contributed by atoms with van der Waals surface area (Å²) in [5, 5.41) is 4.75. The third-order valence-electron chi connectivity index (χ3n) is 5.71. The molecule has 2 aliphatic rings. The van der Waals surface area contributed by atoms with Crippen LogP contribution in [0.2, 0.25) is 0 Å². The fourth-order valence-electron chi connectivity index (χ4n) is 3.87. The summed E-state index contributed by atoms with van der Waals surface area (Å²) in [6.07, 6.45) is 0.156. The number of nitrogens with one attached hydrogen (secondary N) is 3. The van der Waals surface area contributed by atoms with Crippen molar-refractivity contribution in [2.75, 3.05) is 33.9 Å². The van der Waals surface area contributed by atoms with Crippen molar-refractivity contribution in [2.45, 2.75) is 43.8 Å². The number of alkyl halides is 2. The molecule has 2 aliphatic heterocycles. The molecular weight excluding hydrogens is 470 g/mol. The number of carbonyl (C=O) groups excluding carboxylic acids is 4. The van der Waals surface area contributed by atoms with Gasteiger partial charge in [-0.2, -0.15) is 5.48 Å². The molecule has 2 saturated heterocycles. The van der Waals surface area contributed by atoms with Crippen molar-refractivity contribution in [3.05, 3.63) is 23.8 Å². The molecule has 11 nitrogen and oxygen atoms in total. The van der Waals surface area contributed by atoms with Crippen LogP contribution in [0, 0.1) is 0 Å². The minimum absolute atomic E-state index is 0.0749. The number of halogens is 2. The van der Waals surface area contributed by atoms with Gasteiger partial charge in [-0.1, -0.05) is 6.07 Å². The van der Waals surface area contributed by atoms with E-state index in [4.69, 9.17) is 14.3 Å². The Hall–Kier alpha value is -3.32. The second-order valence-electron chi connectivity index (χ2n) is 8.21. The molecule has 2 unspecified atom stereocenters. The summed E-state index contributed by atoms with van der Waals surface area (Å²) in [5.74, 6) is -6.15. The van der Waals surface area contributed by atoms with Crippen LogP contribution in [0.15, 0.2) is 18.2 Å². The number of ether oxygens (including phenoxy) is 2. The number of hydrogen-bond donors (Lipinski definition) is 3. The molecule has 1 aromatic carbocycles. The molecule has 0 radical (unpaired) electrons. The van der Waals surface area contributed by atoms with E-state index < -0.39 is 61.0 Å². The van der Waals surface area contributed by atoms with E-state index in [-0.39, 0.29) is 6.54 Å². The lowest BCUT2D eigenvalue weighted by atomic mass is 10.1. The highest BCUT2D eigenvalue weighted by Crippen LogP contribution is 2.32. The largest absolute Gasteiger partial charge is 0.493 e. The monoisotopic (exact) mass is 498 g/mol. The molecule has 13 heteroatoms. The molecule has 0 bridgehead atoms. The number of hydrogen-bond acceptors (Lipinski definition) is 8. The normalized spacial score (nSPS) is 21.2. The maximum absolute atomic E-state index is 14.1. The molecule has 0 aromatic heterocycles. The highest BCUT2D eigenvalue weighted by Gasteiger charge is 2.51. The van der Waals surface area contributed by atoms with Gasteiger partial charge in [0.15, 0.2) is 11.5 Å². The van der Waals surface area contributed by atoms with Crippen LogP contribution in [-0.2, 0) is 30.6 Å². The Bertz CT molecular complexity index is 969. The van der Waals surface area contributed by atoms with Crippen LogP contribution < -0.4 is 25.6 Å². The van der Waals surface area contributed by atoms with Gasteiger partial charge in [0.25, 0.3) is 11.8 Å². The molecule has 3 amide bonds. The van der Waals surface area contributed by atoms with Gasteiger partial charge in [-0.05, 0) is 30.5 Å². The average Bonchev–Trinajstić information content (AvgIpc) is 3.20. The lowest BCUT2D eigenvalue weighted by Gasteiger charge is -2.25. The zero-order valence-electron chi connectivity index (χ0n) is 19.4. The first-order chi connectivity index (χ1) is 16.6. The Balaban J connectivity index is 1.59. The molecule has 35 heavy (non-hydrogen) atoms. The van der Waals surface area contributed by atoms with E-state index in [1.54, 1.807) is 18.2 Å². The standard InChI is InChI=1S/C22H28F2N4O7/c1-33-16-6-5-13(8-17(16)34-2)10-25-21(32)19(30)15-9-22(23,24)12-28(15)18(29)11-26-20(31)14-4-3-7-35-27-14/h5-6,8,14-15,27H,3-4,7,9-12H2,1-2H3,(H,25,32)(H,26,31). The molecule has 1 aromatic rings. The van der Waals surface area contributed by atoms with Crippen LogP contribution >= 0.6 is 0 Å². The summed E-state index contributed by atoms with van der Waals surface area (Å²) in [6, 6.07) is 2.54. The van der Waals surface area contributed by atoms with E-state index in [9.17, 15) is 28.0 Å². The van der Waals surface area contributed by atoms with Crippen molar-refractivity contribution >= 4 is 23.5 Å². The second-order valence-corrected chi connectivity index (χ2v) is 8.21. The first-order valence-corrected chi connectivity index (χ1v) is 11.0. The van der Waals surface area contributed by atoms with E-state index in [1.807, 2.05) is 0 Å². The minimum atomic E-state index is -3.34. The van der Waals surface area contributed by atoms with Gasteiger partial charge in [-0.15, -0.1) is 0 Å². The van der Waals surface area contributed by atoms with Gasteiger partial charge in [0, 0.05) is 13.0 Å². The van der Waals surface area contributed by atoms with E-state index in [1.165, 1.54) is 14.2 Å². The van der Waals surface area contributed by atoms with Crippen molar-refractivity contribution < 1.29 is 42.3 Å². The molecule has 2 heterocycles. The number of rotatable bonds is 9. The van der Waals surface area contributed by atoms with Crippen molar-refractivity contribution in [1.29, 1.82) is 0 Å². The molecule has 0 spiro atoms. The smallest absolute Gasteiger partial charge is 0.289 e. The summed E-state index contributed by atoms with van der Waals surface area (Å²) in [7, 11) is 2.91. The number of likely N-dealkylation sites (tertiary alicyclic amines) is 1. The zero-order chi connectivity index (χ0) is 25.6. The highest BCUT2D eigenvalue weighted by molar-refractivity contribution is 6.38. The molecule has 2 fully saturated rings. The SMILES string of the molecule is COc1ccc(CNC(=O)C(=O)C2CC(F)(F)CN2C(=O)CNC(=O)C2CCCON2)cc1OC. The average molecular weight is 498 g/mol. The Morgan fingerprint density at radius 1 is 1.17 bits per heavy atom. The van der Waals surface area contributed by atoms with E-state index >= 15 is 0 Å². The number of amides is 3. The summed E-state index contributed by atoms with van der Waals surface area (Å²) in [4.78, 5) is 55.5. The lowest BCUT2D eigenvalue weighted by molar-refractivity contribution is -0.144. The molecule has 192 valence electrons. The van der Waals surface area contributed by atoms with Crippen LogP contribution in [0.25, 0.3) is 0 Å². The summed E-state index contributed by atoms with van der Waals surface area (Å²) in [6.45, 7) is -1.24. The van der Waals surface area contributed by atoms with Gasteiger partial charge in [0.2, 0.25) is 17.6 Å². The quantitative estimate of drug-likeness (QED) is 0.403. The van der Waals surface area contributed by atoms with Gasteiger partial charge >= 0.3 is 0 Å². The zero-order valence-corrected chi connectivity index (χ0v) is 19.4. The highest BCUT2D eigenvalue weighted by atomic mass is 19.3. The number of methoxy groups -OCH3 is 2. The van der Waals surface area contributed by atoms with Gasteiger partial charge in [-0.3, -0.25) is 19.2 Å². The van der Waals surface area contributed by atoms with Crippen molar-refractivity contribution in [2.24, 2.45) is 0 Å². The first-order valence-electron chi connectivity index (χ1n) is 11.0. The van der Waals surface area contributed by atoms with Crippen molar-refractivity contribution in [3.8, 4) is 11.5 Å². The number of nitrogens with zero attached hydrogens (tertiary/aromatic N) is 1.